The Morgan fingerprint density at radius 2 is 1.87 bits per heavy atom. The highest BCUT2D eigenvalue weighted by Gasteiger charge is 2.56. The highest BCUT2D eigenvalue weighted by atomic mass is 16.2. The Morgan fingerprint density at radius 1 is 1.17 bits per heavy atom. The normalized spacial score (nSPS) is 21.3. The SMILES string of the molecule is CN1C(=O)N(CC(=O)N2CCN(c3cc(C#N)ccn3)CC2)C(=O)C12CCCCC2. The first-order valence-corrected chi connectivity index (χ1v) is 10.4. The van der Waals surface area contributed by atoms with Crippen LogP contribution in [0.5, 0.6) is 0 Å². The molecule has 9 nitrogen and oxygen atoms in total. The number of rotatable bonds is 3. The number of urea groups is 1. The van der Waals surface area contributed by atoms with E-state index in [0.29, 0.717) is 50.4 Å². The van der Waals surface area contributed by atoms with Crippen LogP contribution < -0.4 is 4.90 Å². The lowest BCUT2D eigenvalue weighted by Gasteiger charge is -2.36. The number of carbonyl (C=O) groups excluding carboxylic acids is 3. The molecule has 9 heteroatoms. The third-order valence-corrected chi connectivity index (χ3v) is 6.61. The third-order valence-electron chi connectivity index (χ3n) is 6.61. The summed E-state index contributed by atoms with van der Waals surface area (Å²) in [7, 11) is 1.68. The fourth-order valence-electron chi connectivity index (χ4n) is 4.75. The Balaban J connectivity index is 1.37. The van der Waals surface area contributed by atoms with Crippen molar-refractivity contribution >= 4 is 23.7 Å². The van der Waals surface area contributed by atoms with Gasteiger partial charge in [0, 0.05) is 39.4 Å². The Kier molecular flexibility index (Phi) is 5.33. The maximum Gasteiger partial charge on any atom is 0.327 e. The second-order valence-electron chi connectivity index (χ2n) is 8.21. The van der Waals surface area contributed by atoms with Crippen LogP contribution in [0.4, 0.5) is 10.6 Å². The highest BCUT2D eigenvalue weighted by molar-refractivity contribution is 6.09. The Bertz CT molecular complexity index is 896. The number of hydrogen-bond acceptors (Lipinski definition) is 6. The van der Waals surface area contributed by atoms with Crippen molar-refractivity contribution in [3.05, 3.63) is 23.9 Å². The lowest BCUT2D eigenvalue weighted by molar-refractivity contribution is -0.140. The zero-order valence-corrected chi connectivity index (χ0v) is 17.2. The van der Waals surface area contributed by atoms with Gasteiger partial charge in [0.15, 0.2) is 0 Å². The van der Waals surface area contributed by atoms with Gasteiger partial charge in [-0.3, -0.25) is 14.5 Å². The number of carbonyl (C=O) groups is 3. The number of pyridine rings is 1. The minimum atomic E-state index is -0.758. The van der Waals surface area contributed by atoms with Crippen molar-refractivity contribution in [1.29, 1.82) is 5.26 Å². The predicted molar refractivity (Wildman–Crippen MR) is 108 cm³/mol. The fraction of sp³-hybridized carbons (Fsp3) is 0.571. The molecule has 30 heavy (non-hydrogen) atoms. The molecule has 4 rings (SSSR count). The zero-order valence-electron chi connectivity index (χ0n) is 17.2. The van der Waals surface area contributed by atoms with Crippen molar-refractivity contribution in [2.24, 2.45) is 0 Å². The van der Waals surface area contributed by atoms with Gasteiger partial charge in [0.25, 0.3) is 5.91 Å². The average molecular weight is 410 g/mol. The van der Waals surface area contributed by atoms with Gasteiger partial charge in [-0.25, -0.2) is 9.78 Å². The number of imide groups is 1. The molecule has 1 spiro atoms. The minimum absolute atomic E-state index is 0.202. The molecule has 158 valence electrons. The summed E-state index contributed by atoms with van der Waals surface area (Å²) in [5, 5.41) is 9.05. The number of nitriles is 1. The summed E-state index contributed by atoms with van der Waals surface area (Å²) in [6.07, 6.45) is 5.88. The van der Waals surface area contributed by atoms with Gasteiger partial charge in [0.2, 0.25) is 5.91 Å². The number of aromatic nitrogens is 1. The lowest BCUT2D eigenvalue weighted by atomic mass is 9.81. The van der Waals surface area contributed by atoms with E-state index in [2.05, 4.69) is 11.1 Å². The second kappa shape index (κ2) is 7.94. The summed E-state index contributed by atoms with van der Waals surface area (Å²) in [6, 6.07) is 5.13. The summed E-state index contributed by atoms with van der Waals surface area (Å²) >= 11 is 0. The molecule has 2 saturated heterocycles. The van der Waals surface area contributed by atoms with Crippen molar-refractivity contribution in [2.75, 3.05) is 44.7 Å². The number of amides is 4. The smallest absolute Gasteiger partial charge is 0.327 e. The third kappa shape index (κ3) is 3.36. The first kappa shape index (κ1) is 20.1. The van der Waals surface area contributed by atoms with Gasteiger partial charge in [-0.2, -0.15) is 5.26 Å². The van der Waals surface area contributed by atoms with E-state index in [1.54, 1.807) is 35.2 Å². The number of hydrogen-bond donors (Lipinski definition) is 0. The zero-order chi connectivity index (χ0) is 21.3. The molecule has 2 aliphatic heterocycles. The summed E-state index contributed by atoms with van der Waals surface area (Å²) in [5.74, 6) is 0.280. The summed E-state index contributed by atoms with van der Waals surface area (Å²) in [5.41, 5.74) is -0.212. The van der Waals surface area contributed by atoms with Gasteiger partial charge in [-0.05, 0) is 25.0 Å². The van der Waals surface area contributed by atoms with Crippen LogP contribution >= 0.6 is 0 Å². The first-order chi connectivity index (χ1) is 14.5. The standard InChI is InChI=1S/C21H26N6O3/c1-24-20(30)27(19(29)21(24)6-3-2-4-7-21)15-18(28)26-11-9-25(10-12-26)17-13-16(14-22)5-8-23-17/h5,8,13H,2-4,6-7,9-12,15H2,1H3. The van der Waals surface area contributed by atoms with Gasteiger partial charge >= 0.3 is 6.03 Å². The van der Waals surface area contributed by atoms with E-state index in [0.717, 1.165) is 24.2 Å². The van der Waals surface area contributed by atoms with E-state index >= 15 is 0 Å². The molecule has 0 radical (unpaired) electrons. The summed E-state index contributed by atoms with van der Waals surface area (Å²) in [6.45, 7) is 1.92. The molecule has 0 N–H and O–H groups in total. The molecule has 1 aromatic rings. The molecule has 1 aliphatic carbocycles. The van der Waals surface area contributed by atoms with Gasteiger partial charge in [-0.15, -0.1) is 0 Å². The number of piperazine rings is 1. The first-order valence-electron chi connectivity index (χ1n) is 10.4. The van der Waals surface area contributed by atoms with Crippen LogP contribution in [0.1, 0.15) is 37.7 Å². The molecule has 0 atom stereocenters. The van der Waals surface area contributed by atoms with Crippen LogP contribution in [0.2, 0.25) is 0 Å². The molecule has 0 bridgehead atoms. The maximum atomic E-state index is 13.1. The Hall–Kier alpha value is -3.15. The van der Waals surface area contributed by atoms with Crippen LogP contribution in [0, 0.1) is 11.3 Å². The van der Waals surface area contributed by atoms with Crippen LogP contribution in [0.3, 0.4) is 0 Å². The van der Waals surface area contributed by atoms with Crippen LogP contribution in [-0.2, 0) is 9.59 Å². The molecular formula is C21H26N6O3. The summed E-state index contributed by atoms with van der Waals surface area (Å²) in [4.78, 5) is 49.4. The number of likely N-dealkylation sites (N-methyl/N-ethyl adjacent to an activating group) is 1. The number of nitrogens with zero attached hydrogens (tertiary/aromatic N) is 6. The quantitative estimate of drug-likeness (QED) is 0.694. The number of anilines is 1. The van der Waals surface area contributed by atoms with Crippen LogP contribution in [0.25, 0.3) is 0 Å². The van der Waals surface area contributed by atoms with E-state index in [1.807, 2.05) is 4.90 Å². The minimum Gasteiger partial charge on any atom is -0.353 e. The molecule has 0 unspecified atom stereocenters. The van der Waals surface area contributed by atoms with Crippen molar-refractivity contribution in [2.45, 2.75) is 37.6 Å². The van der Waals surface area contributed by atoms with Crippen molar-refractivity contribution < 1.29 is 14.4 Å². The molecule has 3 aliphatic rings. The molecule has 3 fully saturated rings. The molecule has 4 amide bonds. The van der Waals surface area contributed by atoms with Crippen molar-refractivity contribution in [3.8, 4) is 6.07 Å². The second-order valence-corrected chi connectivity index (χ2v) is 8.21. The van der Waals surface area contributed by atoms with Gasteiger partial charge < -0.3 is 14.7 Å². The molecule has 1 saturated carbocycles. The van der Waals surface area contributed by atoms with Crippen molar-refractivity contribution in [3.63, 3.8) is 0 Å². The topological polar surface area (TPSA) is 101 Å². The van der Waals surface area contributed by atoms with E-state index in [9.17, 15) is 14.4 Å². The van der Waals surface area contributed by atoms with Gasteiger partial charge in [-0.1, -0.05) is 19.3 Å². The van der Waals surface area contributed by atoms with E-state index in [-0.39, 0.29) is 24.4 Å². The maximum absolute atomic E-state index is 13.1. The Morgan fingerprint density at radius 3 is 2.53 bits per heavy atom. The lowest BCUT2D eigenvalue weighted by Crippen LogP contribution is -2.52. The molecule has 1 aromatic heterocycles. The average Bonchev–Trinajstić information content (AvgIpc) is 2.96. The van der Waals surface area contributed by atoms with Gasteiger partial charge in [0.1, 0.15) is 17.9 Å². The van der Waals surface area contributed by atoms with Crippen LogP contribution in [-0.4, -0.2) is 82.8 Å². The Labute approximate surface area is 175 Å². The van der Waals surface area contributed by atoms with E-state index < -0.39 is 5.54 Å². The van der Waals surface area contributed by atoms with Gasteiger partial charge in [0.05, 0.1) is 11.6 Å². The van der Waals surface area contributed by atoms with E-state index in [4.69, 9.17) is 5.26 Å². The van der Waals surface area contributed by atoms with Crippen LogP contribution in [0.15, 0.2) is 18.3 Å². The largest absolute Gasteiger partial charge is 0.353 e. The molecule has 0 aromatic carbocycles. The van der Waals surface area contributed by atoms with Crippen molar-refractivity contribution in [1.82, 2.24) is 19.7 Å². The highest BCUT2D eigenvalue weighted by Crippen LogP contribution is 2.39. The fourth-order valence-corrected chi connectivity index (χ4v) is 4.75. The van der Waals surface area contributed by atoms with E-state index in [1.165, 1.54) is 0 Å². The monoisotopic (exact) mass is 410 g/mol. The molecular weight excluding hydrogens is 384 g/mol. The predicted octanol–water partition coefficient (Wildman–Crippen LogP) is 1.20. The summed E-state index contributed by atoms with van der Waals surface area (Å²) < 4.78 is 0. The molecule has 3 heterocycles.